The van der Waals surface area contributed by atoms with Crippen molar-refractivity contribution in [2.24, 2.45) is 0 Å². The highest BCUT2D eigenvalue weighted by atomic mass is 127. The number of benzene rings is 2. The highest BCUT2D eigenvalue weighted by Crippen LogP contribution is 2.31. The second-order valence-electron chi connectivity index (χ2n) is 4.23. The number of nitrogens with two attached hydrogens (primary N) is 1. The highest BCUT2D eigenvalue weighted by molar-refractivity contribution is 14.1. The van der Waals surface area contributed by atoms with Crippen molar-refractivity contribution < 1.29 is 9.13 Å². The maximum atomic E-state index is 13.5. The molecule has 94 valence electrons. The van der Waals surface area contributed by atoms with Crippen LogP contribution < -0.4 is 10.5 Å². The molecule has 0 fully saturated rings. The van der Waals surface area contributed by atoms with E-state index in [1.807, 2.05) is 54.6 Å². The lowest BCUT2D eigenvalue weighted by molar-refractivity contribution is 0.478. The molecule has 4 heteroatoms. The first kappa shape index (κ1) is 13.1. The van der Waals surface area contributed by atoms with Crippen LogP contribution in [0.5, 0.6) is 11.5 Å². The molecule has 2 aromatic carbocycles. The van der Waals surface area contributed by atoms with Crippen LogP contribution in [0.25, 0.3) is 0 Å². The van der Waals surface area contributed by atoms with Crippen molar-refractivity contribution in [1.29, 1.82) is 0 Å². The molecule has 2 rings (SSSR count). The first-order valence-electron chi connectivity index (χ1n) is 5.46. The Hall–Kier alpha value is -1.30. The second-order valence-corrected chi connectivity index (χ2v) is 5.39. The van der Waals surface area contributed by atoms with Gasteiger partial charge in [0.25, 0.3) is 0 Å². The molecular weight excluding hydrogens is 344 g/mol. The Bertz CT molecular complexity index is 578. The Balaban J connectivity index is 2.36. The van der Waals surface area contributed by atoms with Gasteiger partial charge in [-0.15, -0.1) is 0 Å². The fraction of sp³-hybridized carbons (Fsp3) is 0.143. The van der Waals surface area contributed by atoms with E-state index in [2.05, 4.69) is 0 Å². The predicted octanol–water partition coefficient (Wildman–Crippen LogP) is 4.42. The average molecular weight is 357 g/mol. The van der Waals surface area contributed by atoms with Gasteiger partial charge in [0.2, 0.25) is 0 Å². The summed E-state index contributed by atoms with van der Waals surface area (Å²) in [6, 6.07) is 8.71. The van der Waals surface area contributed by atoms with Crippen LogP contribution in [-0.4, -0.2) is 0 Å². The van der Waals surface area contributed by atoms with Crippen LogP contribution in [0.1, 0.15) is 11.1 Å². The molecule has 0 amide bonds. The summed E-state index contributed by atoms with van der Waals surface area (Å²) in [6.45, 7) is 3.97. The van der Waals surface area contributed by atoms with Gasteiger partial charge >= 0.3 is 0 Å². The quantitative estimate of drug-likeness (QED) is 0.638. The van der Waals surface area contributed by atoms with E-state index >= 15 is 0 Å². The summed E-state index contributed by atoms with van der Waals surface area (Å²) in [5, 5.41) is 0. The molecule has 0 unspecified atom stereocenters. The van der Waals surface area contributed by atoms with Gasteiger partial charge in [0, 0.05) is 6.07 Å². The third kappa shape index (κ3) is 2.93. The van der Waals surface area contributed by atoms with Crippen LogP contribution >= 0.6 is 22.6 Å². The molecule has 0 saturated carbocycles. The first-order chi connectivity index (χ1) is 8.45. The lowest BCUT2D eigenvalue weighted by Crippen LogP contribution is -1.95. The largest absolute Gasteiger partial charge is 0.455 e. The molecule has 2 N–H and O–H groups in total. The van der Waals surface area contributed by atoms with Gasteiger partial charge in [-0.2, -0.15) is 0 Å². The summed E-state index contributed by atoms with van der Waals surface area (Å²) in [4.78, 5) is 0. The van der Waals surface area contributed by atoms with Crippen LogP contribution in [-0.2, 0) is 0 Å². The molecule has 0 radical (unpaired) electrons. The maximum absolute atomic E-state index is 13.5. The van der Waals surface area contributed by atoms with Crippen molar-refractivity contribution in [3.8, 4) is 11.5 Å². The number of nitrogen functional groups attached to an aromatic ring is 1. The van der Waals surface area contributed by atoms with Gasteiger partial charge in [-0.05, 0) is 65.8 Å². The van der Waals surface area contributed by atoms with Gasteiger partial charge in [0.05, 0.1) is 9.26 Å². The summed E-state index contributed by atoms with van der Waals surface area (Å²) in [5.41, 5.74) is 8.43. The van der Waals surface area contributed by atoms with Crippen molar-refractivity contribution >= 4 is 28.3 Å². The van der Waals surface area contributed by atoms with E-state index in [4.69, 9.17) is 10.5 Å². The highest BCUT2D eigenvalue weighted by Gasteiger charge is 2.08. The molecule has 0 aliphatic carbocycles. The molecule has 0 bridgehead atoms. The molecule has 0 heterocycles. The van der Waals surface area contributed by atoms with Crippen LogP contribution in [0, 0.1) is 23.2 Å². The number of anilines is 1. The average Bonchev–Trinajstić information content (AvgIpc) is 2.24. The number of rotatable bonds is 2. The molecule has 0 aliphatic rings. The fourth-order valence-electron chi connectivity index (χ4n) is 1.75. The normalized spacial score (nSPS) is 10.4. The van der Waals surface area contributed by atoms with Gasteiger partial charge < -0.3 is 10.5 Å². The standard InChI is InChI=1S/C14H13FINO/c1-8-3-9(2)5-10(4-8)18-14-6-11(15)12(16)7-13(14)17/h3-7H,17H2,1-2H3. The van der Waals surface area contributed by atoms with Gasteiger partial charge in [0.15, 0.2) is 5.75 Å². The van der Waals surface area contributed by atoms with Gasteiger partial charge in [-0.3, -0.25) is 0 Å². The lowest BCUT2D eigenvalue weighted by Gasteiger charge is -2.10. The summed E-state index contributed by atoms with van der Waals surface area (Å²) >= 11 is 1.90. The van der Waals surface area contributed by atoms with Crippen LogP contribution in [0.15, 0.2) is 30.3 Å². The molecule has 2 nitrogen and oxygen atoms in total. The number of halogens is 2. The van der Waals surface area contributed by atoms with E-state index in [1.165, 1.54) is 6.07 Å². The van der Waals surface area contributed by atoms with E-state index < -0.39 is 0 Å². The lowest BCUT2D eigenvalue weighted by atomic mass is 10.1. The third-order valence-electron chi connectivity index (χ3n) is 2.48. The zero-order valence-corrected chi connectivity index (χ0v) is 12.3. The summed E-state index contributed by atoms with van der Waals surface area (Å²) in [6.07, 6.45) is 0. The van der Waals surface area contributed by atoms with Crippen molar-refractivity contribution in [3.63, 3.8) is 0 Å². The Morgan fingerprint density at radius 2 is 1.67 bits per heavy atom. The summed E-state index contributed by atoms with van der Waals surface area (Å²) in [7, 11) is 0. The molecule has 18 heavy (non-hydrogen) atoms. The van der Waals surface area contributed by atoms with Crippen molar-refractivity contribution in [2.75, 3.05) is 5.73 Å². The molecule has 2 aromatic rings. The van der Waals surface area contributed by atoms with Crippen molar-refractivity contribution in [2.45, 2.75) is 13.8 Å². The number of hydrogen-bond donors (Lipinski definition) is 1. The van der Waals surface area contributed by atoms with E-state index in [0.717, 1.165) is 11.1 Å². The minimum Gasteiger partial charge on any atom is -0.455 e. The second kappa shape index (κ2) is 5.14. The molecule has 0 atom stereocenters. The first-order valence-corrected chi connectivity index (χ1v) is 6.54. The SMILES string of the molecule is Cc1cc(C)cc(Oc2cc(F)c(I)cc2N)c1. The Morgan fingerprint density at radius 3 is 2.28 bits per heavy atom. The van der Waals surface area contributed by atoms with Gasteiger partial charge in [-0.1, -0.05) is 6.07 Å². The van der Waals surface area contributed by atoms with E-state index in [9.17, 15) is 4.39 Å². The van der Waals surface area contributed by atoms with Crippen LogP contribution in [0.2, 0.25) is 0 Å². The number of hydrogen-bond acceptors (Lipinski definition) is 2. The molecule has 0 spiro atoms. The third-order valence-corrected chi connectivity index (χ3v) is 3.30. The van der Waals surface area contributed by atoms with E-state index in [1.54, 1.807) is 6.07 Å². The summed E-state index contributed by atoms with van der Waals surface area (Å²) in [5.74, 6) is 0.682. The molecule has 0 saturated heterocycles. The van der Waals surface area contributed by atoms with Gasteiger partial charge in [0.1, 0.15) is 11.6 Å². The van der Waals surface area contributed by atoms with Crippen molar-refractivity contribution in [3.05, 3.63) is 50.8 Å². The minimum atomic E-state index is -0.329. The van der Waals surface area contributed by atoms with Gasteiger partial charge in [-0.25, -0.2) is 4.39 Å². The Morgan fingerprint density at radius 1 is 1.06 bits per heavy atom. The topological polar surface area (TPSA) is 35.2 Å². The zero-order valence-electron chi connectivity index (χ0n) is 10.1. The number of ether oxygens (including phenoxy) is 1. The smallest absolute Gasteiger partial charge is 0.153 e. The van der Waals surface area contributed by atoms with E-state index in [-0.39, 0.29) is 5.82 Å². The minimum absolute atomic E-state index is 0.329. The molecule has 0 aromatic heterocycles. The molecule has 0 aliphatic heterocycles. The molecular formula is C14H13FINO. The predicted molar refractivity (Wildman–Crippen MR) is 79.5 cm³/mol. The fourth-order valence-corrected chi connectivity index (χ4v) is 2.24. The van der Waals surface area contributed by atoms with Crippen LogP contribution in [0.3, 0.4) is 0 Å². The summed E-state index contributed by atoms with van der Waals surface area (Å²) < 4.78 is 19.6. The van der Waals surface area contributed by atoms with Crippen molar-refractivity contribution in [1.82, 2.24) is 0 Å². The van der Waals surface area contributed by atoms with Crippen LogP contribution in [0.4, 0.5) is 10.1 Å². The maximum Gasteiger partial charge on any atom is 0.153 e. The Labute approximate surface area is 119 Å². The zero-order chi connectivity index (χ0) is 13.3. The number of aryl methyl sites for hydroxylation is 2. The Kier molecular flexibility index (Phi) is 3.75. The van der Waals surface area contributed by atoms with E-state index in [0.29, 0.717) is 20.8 Å². The monoisotopic (exact) mass is 357 g/mol.